The Labute approximate surface area is 178 Å². The third kappa shape index (κ3) is 6.14. The fourth-order valence-corrected chi connectivity index (χ4v) is 3.69. The Morgan fingerprint density at radius 3 is 2.77 bits per heavy atom. The van der Waals surface area contributed by atoms with Crippen LogP contribution in [0.3, 0.4) is 0 Å². The highest BCUT2D eigenvalue weighted by atomic mass is 16.5. The second kappa shape index (κ2) is 10.2. The van der Waals surface area contributed by atoms with Gasteiger partial charge in [-0.1, -0.05) is 12.1 Å². The number of likely N-dealkylation sites (N-methyl/N-ethyl adjacent to an activating group) is 1. The molecule has 1 aliphatic heterocycles. The van der Waals surface area contributed by atoms with Gasteiger partial charge < -0.3 is 25.2 Å². The molecular formula is C23H32N4O3. The number of aliphatic hydroxyl groups excluding tert-OH is 1. The van der Waals surface area contributed by atoms with Crippen molar-refractivity contribution < 1.29 is 14.6 Å². The van der Waals surface area contributed by atoms with Gasteiger partial charge in [0.05, 0.1) is 0 Å². The third-order valence-electron chi connectivity index (χ3n) is 5.52. The van der Waals surface area contributed by atoms with Crippen LogP contribution in [0.15, 0.2) is 30.3 Å². The predicted molar refractivity (Wildman–Crippen MR) is 117 cm³/mol. The Morgan fingerprint density at radius 1 is 1.17 bits per heavy atom. The Morgan fingerprint density at radius 2 is 2.00 bits per heavy atom. The van der Waals surface area contributed by atoms with Gasteiger partial charge in [0.2, 0.25) is 0 Å². The minimum Gasteiger partial charge on any atom is -0.491 e. The van der Waals surface area contributed by atoms with Crippen LogP contribution in [-0.4, -0.2) is 60.6 Å². The van der Waals surface area contributed by atoms with Crippen molar-refractivity contribution >= 4 is 5.82 Å². The predicted octanol–water partition coefficient (Wildman–Crippen LogP) is 2.65. The van der Waals surface area contributed by atoms with Crippen LogP contribution < -0.4 is 15.4 Å². The van der Waals surface area contributed by atoms with Gasteiger partial charge in [0.15, 0.2) is 5.82 Å². The van der Waals surface area contributed by atoms with Crippen molar-refractivity contribution in [2.75, 3.05) is 38.7 Å². The molecule has 30 heavy (non-hydrogen) atoms. The van der Waals surface area contributed by atoms with Gasteiger partial charge in [-0.05, 0) is 57.2 Å². The summed E-state index contributed by atoms with van der Waals surface area (Å²) in [5.41, 5.74) is 2.01. The van der Waals surface area contributed by atoms with E-state index < -0.39 is 6.10 Å². The minimum absolute atomic E-state index is 0.240. The zero-order chi connectivity index (χ0) is 20.8. The van der Waals surface area contributed by atoms with Crippen molar-refractivity contribution in [3.8, 4) is 17.1 Å². The van der Waals surface area contributed by atoms with Crippen molar-refractivity contribution in [1.29, 1.82) is 0 Å². The first-order valence-electron chi connectivity index (χ1n) is 11.0. The quantitative estimate of drug-likeness (QED) is 0.553. The van der Waals surface area contributed by atoms with E-state index in [-0.39, 0.29) is 6.61 Å². The number of ether oxygens (including phenoxy) is 2. The molecule has 3 N–H and O–H groups in total. The molecule has 1 unspecified atom stereocenters. The molecule has 0 radical (unpaired) electrons. The van der Waals surface area contributed by atoms with Gasteiger partial charge in [-0.2, -0.15) is 0 Å². The third-order valence-corrected chi connectivity index (χ3v) is 5.52. The maximum absolute atomic E-state index is 9.89. The number of benzene rings is 1. The first-order chi connectivity index (χ1) is 14.7. The standard InChI is InChI=1S/C23H32N4O3/c1-24-14-20(28)15-30-21-4-2-3-17(12-21)23-26-19(11-16-5-6-16)13-22(27-23)25-18-7-9-29-10-8-18/h2-4,12-13,16,18,20,24,28H,5-11,14-15H2,1H3,(H,25,26,27). The number of nitrogens with one attached hydrogen (secondary N) is 2. The molecular weight excluding hydrogens is 380 g/mol. The van der Waals surface area contributed by atoms with Gasteiger partial charge in [-0.3, -0.25) is 0 Å². The first-order valence-corrected chi connectivity index (χ1v) is 11.0. The maximum atomic E-state index is 9.89. The molecule has 0 bridgehead atoms. The van der Waals surface area contributed by atoms with E-state index in [1.54, 1.807) is 0 Å². The maximum Gasteiger partial charge on any atom is 0.161 e. The Balaban J connectivity index is 1.52. The molecule has 1 aromatic carbocycles. The van der Waals surface area contributed by atoms with E-state index in [2.05, 4.69) is 16.7 Å². The smallest absolute Gasteiger partial charge is 0.161 e. The van der Waals surface area contributed by atoms with Gasteiger partial charge in [-0.25, -0.2) is 9.97 Å². The summed E-state index contributed by atoms with van der Waals surface area (Å²) in [6, 6.07) is 10.3. The highest BCUT2D eigenvalue weighted by Gasteiger charge is 2.23. The zero-order valence-corrected chi connectivity index (χ0v) is 17.6. The molecule has 2 heterocycles. The molecule has 1 atom stereocenters. The summed E-state index contributed by atoms with van der Waals surface area (Å²) >= 11 is 0. The Bertz CT molecular complexity index is 822. The highest BCUT2D eigenvalue weighted by molar-refractivity contribution is 5.60. The largest absolute Gasteiger partial charge is 0.491 e. The molecule has 7 heteroatoms. The van der Waals surface area contributed by atoms with Gasteiger partial charge in [0, 0.05) is 43.1 Å². The average molecular weight is 413 g/mol. The van der Waals surface area contributed by atoms with Crippen molar-refractivity contribution in [3.05, 3.63) is 36.0 Å². The van der Waals surface area contributed by atoms with Crippen molar-refractivity contribution in [2.24, 2.45) is 5.92 Å². The topological polar surface area (TPSA) is 88.5 Å². The van der Waals surface area contributed by atoms with E-state index in [9.17, 15) is 5.11 Å². The molecule has 2 aromatic rings. The lowest BCUT2D eigenvalue weighted by atomic mass is 10.1. The summed E-state index contributed by atoms with van der Waals surface area (Å²) in [4.78, 5) is 9.67. The minimum atomic E-state index is -0.549. The van der Waals surface area contributed by atoms with Crippen molar-refractivity contribution in [1.82, 2.24) is 15.3 Å². The fourth-order valence-electron chi connectivity index (χ4n) is 3.69. The second-order valence-corrected chi connectivity index (χ2v) is 8.30. The molecule has 1 aromatic heterocycles. The number of anilines is 1. The van der Waals surface area contributed by atoms with Gasteiger partial charge in [0.25, 0.3) is 0 Å². The van der Waals surface area contributed by atoms with Crippen LogP contribution in [0, 0.1) is 5.92 Å². The summed E-state index contributed by atoms with van der Waals surface area (Å²) in [5.74, 6) is 3.06. The van der Waals surface area contributed by atoms with Gasteiger partial charge in [0.1, 0.15) is 24.3 Å². The molecule has 2 fully saturated rings. The van der Waals surface area contributed by atoms with Gasteiger partial charge in [-0.15, -0.1) is 0 Å². The molecule has 2 aliphatic rings. The number of hydrogen-bond donors (Lipinski definition) is 3. The van der Waals surface area contributed by atoms with Crippen LogP contribution in [0.25, 0.3) is 11.4 Å². The summed E-state index contributed by atoms with van der Waals surface area (Å²) in [6.07, 6.45) is 5.03. The molecule has 1 saturated heterocycles. The Kier molecular flexibility index (Phi) is 7.15. The number of aliphatic hydroxyl groups is 1. The van der Waals surface area contributed by atoms with Crippen LogP contribution in [0.5, 0.6) is 5.75 Å². The molecule has 4 rings (SSSR count). The molecule has 0 spiro atoms. The van der Waals surface area contributed by atoms with E-state index in [1.807, 2.05) is 31.3 Å². The Hall–Kier alpha value is -2.22. The first kappa shape index (κ1) is 21.0. The van der Waals surface area contributed by atoms with Gasteiger partial charge >= 0.3 is 0 Å². The van der Waals surface area contributed by atoms with E-state index in [4.69, 9.17) is 19.4 Å². The summed E-state index contributed by atoms with van der Waals surface area (Å²) in [7, 11) is 1.81. The SMILES string of the molecule is CNCC(O)COc1cccc(-c2nc(CC3CC3)cc(NC3CCOCC3)n2)c1. The van der Waals surface area contributed by atoms with E-state index in [0.29, 0.717) is 24.2 Å². The van der Waals surface area contributed by atoms with Crippen LogP contribution in [0.2, 0.25) is 0 Å². The molecule has 1 aliphatic carbocycles. The lowest BCUT2D eigenvalue weighted by Crippen LogP contribution is -2.29. The van der Waals surface area contributed by atoms with Crippen LogP contribution in [0.4, 0.5) is 5.82 Å². The molecule has 0 amide bonds. The molecule has 7 nitrogen and oxygen atoms in total. The summed E-state index contributed by atoms with van der Waals surface area (Å²) in [5, 5.41) is 16.4. The monoisotopic (exact) mass is 412 g/mol. The molecule has 162 valence electrons. The fraction of sp³-hybridized carbons (Fsp3) is 0.565. The van der Waals surface area contributed by atoms with Crippen LogP contribution >= 0.6 is 0 Å². The van der Waals surface area contributed by atoms with E-state index >= 15 is 0 Å². The lowest BCUT2D eigenvalue weighted by Gasteiger charge is -2.24. The van der Waals surface area contributed by atoms with Crippen molar-refractivity contribution in [3.63, 3.8) is 0 Å². The highest BCUT2D eigenvalue weighted by Crippen LogP contribution is 2.33. The number of aromatic nitrogens is 2. The zero-order valence-electron chi connectivity index (χ0n) is 17.6. The summed E-state index contributed by atoms with van der Waals surface area (Å²) in [6.45, 7) is 2.32. The lowest BCUT2D eigenvalue weighted by molar-refractivity contribution is 0.0904. The van der Waals surface area contributed by atoms with Crippen LogP contribution in [-0.2, 0) is 11.2 Å². The number of rotatable bonds is 10. The number of hydrogen-bond acceptors (Lipinski definition) is 7. The number of nitrogens with zero attached hydrogens (tertiary/aromatic N) is 2. The molecule has 1 saturated carbocycles. The van der Waals surface area contributed by atoms with E-state index in [1.165, 1.54) is 12.8 Å². The van der Waals surface area contributed by atoms with Crippen molar-refractivity contribution in [2.45, 2.75) is 44.2 Å². The van der Waals surface area contributed by atoms with Crippen LogP contribution in [0.1, 0.15) is 31.4 Å². The second-order valence-electron chi connectivity index (χ2n) is 8.30. The summed E-state index contributed by atoms with van der Waals surface area (Å²) < 4.78 is 11.2. The normalized spacial score (nSPS) is 18.2. The average Bonchev–Trinajstić information content (AvgIpc) is 3.57. The van der Waals surface area contributed by atoms with E-state index in [0.717, 1.165) is 55.5 Å².